The maximum absolute atomic E-state index is 15.4. The van der Waals surface area contributed by atoms with Gasteiger partial charge in [0, 0.05) is 17.5 Å². The number of allylic oxidation sites excluding steroid dienone is 1. The predicted octanol–water partition coefficient (Wildman–Crippen LogP) is 5.11. The summed E-state index contributed by atoms with van der Waals surface area (Å²) >= 11 is 0. The molecular formula is C30H32F2N6O3S. The molecule has 1 fully saturated rings. The van der Waals surface area contributed by atoms with E-state index in [-0.39, 0.29) is 17.4 Å². The zero-order valence-corrected chi connectivity index (χ0v) is 24.1. The topological polar surface area (TPSA) is 124 Å². The summed E-state index contributed by atoms with van der Waals surface area (Å²) in [6.45, 7) is 5.56. The zero-order valence-electron chi connectivity index (χ0n) is 23.3. The number of fused-ring (bicyclic) bond motifs is 1. The molecule has 220 valence electrons. The van der Waals surface area contributed by atoms with Crippen molar-refractivity contribution in [1.29, 1.82) is 0 Å². The summed E-state index contributed by atoms with van der Waals surface area (Å²) in [5, 5.41) is 3.64. The summed E-state index contributed by atoms with van der Waals surface area (Å²) in [5.74, 6) is -0.756. The lowest BCUT2D eigenvalue weighted by molar-refractivity contribution is -0.0103. The second-order valence-electron chi connectivity index (χ2n) is 11.0. The number of hydrogen-bond donors (Lipinski definition) is 3. The molecule has 12 heteroatoms. The fraction of sp³-hybridized carbons (Fsp3) is 0.333. The Balaban J connectivity index is 1.36. The molecule has 9 nitrogen and oxygen atoms in total. The summed E-state index contributed by atoms with van der Waals surface area (Å²) in [5.41, 5.74) is 9.52. The van der Waals surface area contributed by atoms with E-state index in [4.69, 9.17) is 15.5 Å². The highest BCUT2D eigenvalue weighted by atomic mass is 32.2. The molecule has 0 radical (unpaired) electrons. The second-order valence-corrected chi connectivity index (χ2v) is 12.7. The normalized spacial score (nSPS) is 17.8. The maximum Gasteiger partial charge on any atom is 0.264 e. The molecule has 0 bridgehead atoms. The van der Waals surface area contributed by atoms with E-state index < -0.39 is 26.6 Å². The molecule has 1 saturated heterocycles. The molecule has 42 heavy (non-hydrogen) atoms. The number of nitrogens with two attached hydrogens (primary N) is 1. The van der Waals surface area contributed by atoms with E-state index in [2.05, 4.69) is 21.1 Å². The fourth-order valence-corrected chi connectivity index (χ4v) is 6.62. The smallest absolute Gasteiger partial charge is 0.264 e. The molecule has 2 aromatic heterocycles. The van der Waals surface area contributed by atoms with Crippen LogP contribution in [0.3, 0.4) is 0 Å². The molecule has 1 aliphatic carbocycles. The minimum atomic E-state index is -4.35. The van der Waals surface area contributed by atoms with Crippen LogP contribution in [0.2, 0.25) is 0 Å². The van der Waals surface area contributed by atoms with Crippen molar-refractivity contribution in [3.05, 3.63) is 77.9 Å². The number of sulfonamides is 1. The van der Waals surface area contributed by atoms with E-state index in [1.807, 2.05) is 18.2 Å². The summed E-state index contributed by atoms with van der Waals surface area (Å²) in [6, 6.07) is 9.76. The molecule has 0 amide bonds. The standard InChI is InChI=1S/C30H32F2N6O3S/c1-17(2)30-36-27(19-9-12-24(23(32)13-19)37-42(39,40)26-6-4-3-5-22(26)31)28-29(33)34-14-25(38(28)30)18-7-10-20(11-8-18)35-21-15-41-16-21/h3-7,9,12-14,17,20-21,35,37H,8,10-11,15-16H2,1-2H3,(H2,33,34)/t20-/m0/s1. The van der Waals surface area contributed by atoms with Crippen molar-refractivity contribution in [2.24, 2.45) is 0 Å². The number of aromatic nitrogens is 3. The quantitative estimate of drug-likeness (QED) is 0.259. The van der Waals surface area contributed by atoms with Gasteiger partial charge in [0.1, 0.15) is 39.4 Å². The number of nitrogens with one attached hydrogen (secondary N) is 2. The third-order valence-electron chi connectivity index (χ3n) is 7.69. The van der Waals surface area contributed by atoms with Gasteiger partial charge in [0.2, 0.25) is 0 Å². The van der Waals surface area contributed by atoms with E-state index in [1.165, 1.54) is 24.3 Å². The Morgan fingerprint density at radius 3 is 2.52 bits per heavy atom. The molecule has 4 N–H and O–H groups in total. The van der Waals surface area contributed by atoms with Crippen LogP contribution in [-0.2, 0) is 14.8 Å². The largest absolute Gasteiger partial charge is 0.382 e. The first-order valence-electron chi connectivity index (χ1n) is 13.9. The molecule has 0 saturated carbocycles. The number of hydrogen-bond acceptors (Lipinski definition) is 7. The highest BCUT2D eigenvalue weighted by molar-refractivity contribution is 7.92. The predicted molar refractivity (Wildman–Crippen MR) is 157 cm³/mol. The van der Waals surface area contributed by atoms with Gasteiger partial charge in [-0.25, -0.2) is 27.2 Å². The Bertz CT molecular complexity index is 1800. The first-order valence-corrected chi connectivity index (χ1v) is 15.4. The van der Waals surface area contributed by atoms with Gasteiger partial charge in [0.05, 0.1) is 36.8 Å². The van der Waals surface area contributed by atoms with Gasteiger partial charge >= 0.3 is 0 Å². The molecule has 2 aliphatic rings. The number of anilines is 2. The van der Waals surface area contributed by atoms with Crippen molar-refractivity contribution in [3.63, 3.8) is 0 Å². The van der Waals surface area contributed by atoms with Gasteiger partial charge in [-0.05, 0) is 49.1 Å². The average molecular weight is 595 g/mol. The Morgan fingerprint density at radius 2 is 1.88 bits per heavy atom. The van der Waals surface area contributed by atoms with Crippen LogP contribution in [0, 0.1) is 11.6 Å². The molecule has 1 atom stereocenters. The number of nitrogens with zero attached hydrogens (tertiary/aromatic N) is 3. The number of imidazole rings is 1. The molecule has 1 aliphatic heterocycles. The van der Waals surface area contributed by atoms with Crippen LogP contribution in [0.25, 0.3) is 22.3 Å². The van der Waals surface area contributed by atoms with Crippen molar-refractivity contribution in [3.8, 4) is 11.3 Å². The van der Waals surface area contributed by atoms with Crippen molar-refractivity contribution in [1.82, 2.24) is 19.7 Å². The minimum absolute atomic E-state index is 0.0146. The third kappa shape index (κ3) is 5.25. The number of halogens is 2. The van der Waals surface area contributed by atoms with Gasteiger partial charge in [-0.1, -0.05) is 38.1 Å². The van der Waals surface area contributed by atoms with E-state index in [9.17, 15) is 12.8 Å². The van der Waals surface area contributed by atoms with Crippen LogP contribution in [-0.4, -0.2) is 48.1 Å². The summed E-state index contributed by atoms with van der Waals surface area (Å²) in [6.07, 6.45) is 6.70. The van der Waals surface area contributed by atoms with Crippen LogP contribution >= 0.6 is 0 Å². The lowest BCUT2D eigenvalue weighted by atomic mass is 9.92. The monoisotopic (exact) mass is 594 g/mol. The Hall–Kier alpha value is -3.87. The number of ether oxygens (including phenoxy) is 1. The van der Waals surface area contributed by atoms with E-state index in [1.54, 1.807) is 12.3 Å². The molecule has 4 aromatic rings. The van der Waals surface area contributed by atoms with Gasteiger partial charge < -0.3 is 15.8 Å². The number of benzene rings is 2. The van der Waals surface area contributed by atoms with Gasteiger partial charge in [0.15, 0.2) is 0 Å². The minimum Gasteiger partial charge on any atom is -0.382 e. The summed E-state index contributed by atoms with van der Waals surface area (Å²) in [4.78, 5) is 8.80. The Kier molecular flexibility index (Phi) is 7.46. The highest BCUT2D eigenvalue weighted by Crippen LogP contribution is 2.37. The Morgan fingerprint density at radius 1 is 1.10 bits per heavy atom. The molecule has 0 unspecified atom stereocenters. The lowest BCUT2D eigenvalue weighted by Crippen LogP contribution is -2.50. The lowest BCUT2D eigenvalue weighted by Gasteiger charge is -2.33. The van der Waals surface area contributed by atoms with Crippen molar-refractivity contribution < 1.29 is 21.9 Å². The average Bonchev–Trinajstić information content (AvgIpc) is 3.35. The molecule has 3 heterocycles. The molecule has 2 aromatic carbocycles. The zero-order chi connectivity index (χ0) is 29.6. The van der Waals surface area contributed by atoms with Crippen LogP contribution in [0.5, 0.6) is 0 Å². The summed E-state index contributed by atoms with van der Waals surface area (Å²) < 4.78 is 64.4. The van der Waals surface area contributed by atoms with E-state index >= 15 is 4.39 Å². The number of rotatable bonds is 8. The first-order chi connectivity index (χ1) is 20.1. The molecular weight excluding hydrogens is 562 g/mol. The van der Waals surface area contributed by atoms with E-state index in [0.29, 0.717) is 28.9 Å². The maximum atomic E-state index is 15.4. The second kappa shape index (κ2) is 11.1. The third-order valence-corrected chi connectivity index (χ3v) is 9.09. The molecule has 6 rings (SSSR count). The Labute approximate surface area is 242 Å². The fourth-order valence-electron chi connectivity index (χ4n) is 5.47. The molecule has 0 spiro atoms. The van der Waals surface area contributed by atoms with Gasteiger partial charge in [-0.3, -0.25) is 9.12 Å². The van der Waals surface area contributed by atoms with Crippen molar-refractivity contribution in [2.75, 3.05) is 23.7 Å². The van der Waals surface area contributed by atoms with Gasteiger partial charge in [-0.15, -0.1) is 0 Å². The van der Waals surface area contributed by atoms with Crippen LogP contribution in [0.4, 0.5) is 20.3 Å². The SMILES string of the molecule is CC(C)c1nc(-c2ccc(NS(=O)(=O)c3ccccc3F)c(F)c2)c2c(N)ncc(C3=CC[C@H](NC4COC4)CC3)n12. The van der Waals surface area contributed by atoms with Crippen LogP contribution < -0.4 is 15.8 Å². The highest BCUT2D eigenvalue weighted by Gasteiger charge is 2.27. The van der Waals surface area contributed by atoms with Crippen LogP contribution in [0.15, 0.2) is 59.6 Å². The van der Waals surface area contributed by atoms with Gasteiger partial charge in [-0.2, -0.15) is 0 Å². The van der Waals surface area contributed by atoms with Gasteiger partial charge in [0.25, 0.3) is 10.0 Å². The van der Waals surface area contributed by atoms with Crippen molar-refractivity contribution in [2.45, 2.75) is 56.0 Å². The van der Waals surface area contributed by atoms with Crippen LogP contribution in [0.1, 0.15) is 50.5 Å². The van der Waals surface area contributed by atoms with E-state index in [0.717, 1.165) is 61.7 Å². The number of nitrogen functional groups attached to an aromatic ring is 1. The van der Waals surface area contributed by atoms with Crippen molar-refractivity contribution >= 4 is 32.6 Å². The summed E-state index contributed by atoms with van der Waals surface area (Å²) in [7, 11) is -4.35. The first kappa shape index (κ1) is 28.3.